The van der Waals surface area contributed by atoms with Crippen LogP contribution in [-0.2, 0) is 14.4 Å². The first-order valence-corrected chi connectivity index (χ1v) is 13.7. The Morgan fingerprint density at radius 3 is 2.76 bits per heavy atom. The predicted molar refractivity (Wildman–Crippen MR) is 139 cm³/mol. The van der Waals surface area contributed by atoms with Crippen molar-refractivity contribution in [3.8, 4) is 5.75 Å². The summed E-state index contributed by atoms with van der Waals surface area (Å²) in [6, 6.07) is 6.08. The van der Waals surface area contributed by atoms with Gasteiger partial charge in [0.25, 0.3) is 5.91 Å². The van der Waals surface area contributed by atoms with Crippen molar-refractivity contribution in [2.75, 3.05) is 13.7 Å². The molecular formula is C29H37N3O5. The van der Waals surface area contributed by atoms with E-state index < -0.39 is 12.1 Å². The van der Waals surface area contributed by atoms with Crippen LogP contribution in [0.4, 0.5) is 0 Å². The molecule has 3 fully saturated rings. The number of hydrogen-bond acceptors (Lipinski definition) is 5. The fourth-order valence-corrected chi connectivity index (χ4v) is 6.79. The summed E-state index contributed by atoms with van der Waals surface area (Å²) in [5.41, 5.74) is 1.22. The third-order valence-electron chi connectivity index (χ3n) is 8.75. The third-order valence-corrected chi connectivity index (χ3v) is 8.75. The molecule has 37 heavy (non-hydrogen) atoms. The normalized spacial score (nSPS) is 26.2. The van der Waals surface area contributed by atoms with Crippen LogP contribution >= 0.6 is 0 Å². The lowest BCUT2D eigenvalue weighted by Crippen LogP contribution is -2.53. The van der Waals surface area contributed by atoms with Crippen LogP contribution in [0, 0.1) is 17.8 Å². The number of likely N-dealkylation sites (tertiary alicyclic amines) is 1. The second kappa shape index (κ2) is 10.7. The number of carbonyl (C=O) groups excluding carboxylic acids is 4. The van der Waals surface area contributed by atoms with Gasteiger partial charge in [-0.2, -0.15) is 0 Å². The number of methoxy groups -OCH3 is 1. The number of ketones is 2. The molecule has 8 nitrogen and oxygen atoms in total. The molecule has 5 atom stereocenters. The van der Waals surface area contributed by atoms with E-state index in [0.717, 1.165) is 49.4 Å². The molecule has 1 aromatic carbocycles. The van der Waals surface area contributed by atoms with Crippen LogP contribution < -0.4 is 10.1 Å². The first-order chi connectivity index (χ1) is 17.9. The van der Waals surface area contributed by atoms with Gasteiger partial charge in [-0.05, 0) is 62.1 Å². The molecule has 2 amide bonds. The molecule has 1 aromatic heterocycles. The van der Waals surface area contributed by atoms with Gasteiger partial charge in [0.1, 0.15) is 23.3 Å². The summed E-state index contributed by atoms with van der Waals surface area (Å²) in [4.78, 5) is 57.8. The Kier molecular flexibility index (Phi) is 7.36. The van der Waals surface area contributed by atoms with Gasteiger partial charge < -0.3 is 19.9 Å². The highest BCUT2D eigenvalue weighted by molar-refractivity contribution is 6.02. The van der Waals surface area contributed by atoms with Crippen molar-refractivity contribution in [2.45, 2.75) is 76.8 Å². The second-order valence-electron chi connectivity index (χ2n) is 10.9. The topological polar surface area (TPSA) is 109 Å². The van der Waals surface area contributed by atoms with Crippen LogP contribution in [0.3, 0.4) is 0 Å². The van der Waals surface area contributed by atoms with Gasteiger partial charge in [0.2, 0.25) is 5.91 Å². The average molecular weight is 508 g/mol. The van der Waals surface area contributed by atoms with Gasteiger partial charge >= 0.3 is 0 Å². The van der Waals surface area contributed by atoms with Crippen molar-refractivity contribution in [1.29, 1.82) is 0 Å². The van der Waals surface area contributed by atoms with Crippen molar-refractivity contribution < 1.29 is 23.9 Å². The van der Waals surface area contributed by atoms with Crippen LogP contribution in [0.1, 0.15) is 75.2 Å². The van der Waals surface area contributed by atoms with E-state index in [2.05, 4.69) is 10.3 Å². The lowest BCUT2D eigenvalue weighted by Gasteiger charge is -2.30. The molecule has 2 heterocycles. The number of nitrogens with zero attached hydrogens (tertiary/aromatic N) is 1. The zero-order chi connectivity index (χ0) is 26.1. The SMILES string of the molecule is CCC(=O)[C@H](CC1CCCCC1=O)NC(=O)[C@@H]1[C@H]2CCC[C@H]2CN1C(=O)c1cc2c(OC)cccc2[nH]1. The number of H-pyrrole nitrogens is 1. The molecule has 1 saturated heterocycles. The molecule has 1 aliphatic heterocycles. The summed E-state index contributed by atoms with van der Waals surface area (Å²) >= 11 is 0. The van der Waals surface area contributed by atoms with E-state index in [1.807, 2.05) is 18.2 Å². The summed E-state index contributed by atoms with van der Waals surface area (Å²) in [7, 11) is 1.60. The Balaban J connectivity index is 1.38. The number of hydrogen-bond donors (Lipinski definition) is 2. The highest BCUT2D eigenvalue weighted by atomic mass is 16.5. The van der Waals surface area contributed by atoms with Gasteiger partial charge in [-0.1, -0.05) is 25.8 Å². The first kappa shape index (κ1) is 25.5. The van der Waals surface area contributed by atoms with E-state index in [0.29, 0.717) is 37.3 Å². The quantitative estimate of drug-likeness (QED) is 0.561. The Hall–Kier alpha value is -3.16. The first-order valence-electron chi connectivity index (χ1n) is 13.7. The number of rotatable bonds is 8. The van der Waals surface area contributed by atoms with Gasteiger partial charge in [-0.15, -0.1) is 0 Å². The number of benzene rings is 1. The molecule has 0 radical (unpaired) electrons. The fraction of sp³-hybridized carbons (Fsp3) is 0.586. The molecule has 1 unspecified atom stereocenters. The van der Waals surface area contributed by atoms with Crippen molar-refractivity contribution >= 4 is 34.3 Å². The summed E-state index contributed by atoms with van der Waals surface area (Å²) in [6.45, 7) is 2.31. The number of aromatic nitrogens is 1. The van der Waals surface area contributed by atoms with Crippen LogP contribution in [-0.4, -0.2) is 59.0 Å². The van der Waals surface area contributed by atoms with Gasteiger partial charge in [-0.25, -0.2) is 0 Å². The number of fused-ring (bicyclic) bond motifs is 2. The molecular weight excluding hydrogens is 470 g/mol. The number of ether oxygens (including phenoxy) is 1. The fourth-order valence-electron chi connectivity index (χ4n) is 6.79. The standard InChI is InChI=1S/C29H37N3O5/c1-3-24(33)22(14-17-8-4-5-12-25(17)34)31-28(35)27-19-10-6-9-18(19)16-32(27)29(36)23-15-20-21(30-23)11-7-13-26(20)37-2/h7,11,13,15,17-19,22,27,30H,3-6,8-10,12,14,16H2,1-2H3,(H,31,35)/t17?,18-,19-,22-,27-/m0/s1. The smallest absolute Gasteiger partial charge is 0.271 e. The minimum Gasteiger partial charge on any atom is -0.496 e. The highest BCUT2D eigenvalue weighted by Crippen LogP contribution is 2.43. The molecule has 3 aliphatic rings. The number of nitrogens with one attached hydrogen (secondary N) is 2. The number of carbonyl (C=O) groups is 4. The average Bonchev–Trinajstić information content (AvgIpc) is 3.62. The zero-order valence-electron chi connectivity index (χ0n) is 21.8. The van der Waals surface area contributed by atoms with E-state index in [4.69, 9.17) is 4.74 Å². The van der Waals surface area contributed by atoms with Gasteiger partial charge in [0.15, 0.2) is 5.78 Å². The largest absolute Gasteiger partial charge is 0.496 e. The molecule has 0 bridgehead atoms. The maximum absolute atomic E-state index is 13.8. The van der Waals surface area contributed by atoms with Crippen molar-refractivity contribution in [3.05, 3.63) is 30.0 Å². The molecule has 8 heteroatoms. The summed E-state index contributed by atoms with van der Waals surface area (Å²) in [5, 5.41) is 3.83. The predicted octanol–water partition coefficient (Wildman–Crippen LogP) is 4.03. The van der Waals surface area contributed by atoms with Crippen LogP contribution in [0.15, 0.2) is 24.3 Å². The maximum Gasteiger partial charge on any atom is 0.271 e. The van der Waals surface area contributed by atoms with Crippen LogP contribution in [0.25, 0.3) is 10.9 Å². The lowest BCUT2D eigenvalue weighted by atomic mass is 9.82. The van der Waals surface area contributed by atoms with Gasteiger partial charge in [0, 0.05) is 36.2 Å². The Labute approximate surface area is 217 Å². The summed E-state index contributed by atoms with van der Waals surface area (Å²) in [5.74, 6) is 0.496. The molecule has 2 N–H and O–H groups in total. The van der Waals surface area contributed by atoms with Crippen LogP contribution in [0.5, 0.6) is 5.75 Å². The lowest BCUT2D eigenvalue weighted by molar-refractivity contribution is -0.132. The maximum atomic E-state index is 13.8. The minimum atomic E-state index is -0.695. The Morgan fingerprint density at radius 1 is 1.16 bits per heavy atom. The third kappa shape index (κ3) is 4.90. The minimum absolute atomic E-state index is 0.0618. The molecule has 2 aromatic rings. The van der Waals surface area contributed by atoms with E-state index in [9.17, 15) is 19.2 Å². The molecule has 5 rings (SSSR count). The molecule has 2 aliphatic carbocycles. The van der Waals surface area contributed by atoms with Crippen molar-refractivity contribution in [3.63, 3.8) is 0 Å². The van der Waals surface area contributed by atoms with Crippen LogP contribution in [0.2, 0.25) is 0 Å². The molecule has 0 spiro atoms. The highest BCUT2D eigenvalue weighted by Gasteiger charge is 2.50. The summed E-state index contributed by atoms with van der Waals surface area (Å²) in [6.07, 6.45) is 6.76. The Morgan fingerprint density at radius 2 is 2.00 bits per heavy atom. The zero-order valence-corrected chi connectivity index (χ0v) is 21.8. The molecule has 198 valence electrons. The summed E-state index contributed by atoms with van der Waals surface area (Å²) < 4.78 is 5.45. The monoisotopic (exact) mass is 507 g/mol. The van der Waals surface area contributed by atoms with Crippen molar-refractivity contribution in [1.82, 2.24) is 15.2 Å². The van der Waals surface area contributed by atoms with Crippen molar-refractivity contribution in [2.24, 2.45) is 17.8 Å². The second-order valence-corrected chi connectivity index (χ2v) is 10.9. The number of amides is 2. The van der Waals surface area contributed by atoms with E-state index in [1.165, 1.54) is 0 Å². The van der Waals surface area contributed by atoms with E-state index in [1.54, 1.807) is 25.0 Å². The molecule has 2 saturated carbocycles. The Bertz CT molecular complexity index is 1200. The van der Waals surface area contributed by atoms with Gasteiger partial charge in [0.05, 0.1) is 13.2 Å². The number of aromatic amines is 1. The number of Topliss-reactive ketones (excluding diaryl/α,β-unsaturated/α-hetero) is 2. The van der Waals surface area contributed by atoms with Gasteiger partial charge in [-0.3, -0.25) is 19.2 Å². The van der Waals surface area contributed by atoms with E-state index >= 15 is 0 Å². The van der Waals surface area contributed by atoms with E-state index in [-0.39, 0.29) is 41.1 Å².